The van der Waals surface area contributed by atoms with E-state index < -0.39 is 34.3 Å². The molecule has 1 N–H and O–H groups in total. The first-order valence-corrected chi connectivity index (χ1v) is 12.3. The van der Waals surface area contributed by atoms with E-state index in [-0.39, 0.29) is 23.2 Å². The van der Waals surface area contributed by atoms with Crippen molar-refractivity contribution in [3.8, 4) is 0 Å². The van der Waals surface area contributed by atoms with Crippen molar-refractivity contribution in [2.24, 2.45) is 0 Å². The third-order valence-electron chi connectivity index (χ3n) is 4.87. The number of halogens is 2. The van der Waals surface area contributed by atoms with Crippen molar-refractivity contribution < 1.29 is 22.4 Å². The lowest BCUT2D eigenvalue weighted by Gasteiger charge is -2.31. The van der Waals surface area contributed by atoms with E-state index in [0.717, 1.165) is 28.3 Å². The zero-order valence-corrected chi connectivity index (χ0v) is 19.8. The Kier molecular flexibility index (Phi) is 9.03. The summed E-state index contributed by atoms with van der Waals surface area (Å²) in [7, 11) is -3.90. The number of hydrogen-bond acceptors (Lipinski definition) is 4. The van der Waals surface area contributed by atoms with Crippen LogP contribution < -0.4 is 9.62 Å². The topological polar surface area (TPSA) is 86.8 Å². The lowest BCUT2D eigenvalue weighted by atomic mass is 10.1. The Morgan fingerprint density at radius 1 is 1.16 bits per heavy atom. The largest absolute Gasteiger partial charge is 0.355 e. The number of nitrogens with one attached hydrogen (secondary N) is 1. The van der Waals surface area contributed by atoms with Gasteiger partial charge in [-0.2, -0.15) is 0 Å². The van der Waals surface area contributed by atoms with Gasteiger partial charge in [0.15, 0.2) is 0 Å². The van der Waals surface area contributed by atoms with Gasteiger partial charge in [-0.3, -0.25) is 13.9 Å². The summed E-state index contributed by atoms with van der Waals surface area (Å²) in [5.74, 6) is -1.61. The van der Waals surface area contributed by atoms with Gasteiger partial charge in [0, 0.05) is 13.1 Å². The van der Waals surface area contributed by atoms with Crippen LogP contribution >= 0.6 is 11.6 Å². The number of carbonyl (C=O) groups is 2. The fourth-order valence-electron chi connectivity index (χ4n) is 3.15. The van der Waals surface area contributed by atoms with Crippen molar-refractivity contribution in [3.05, 3.63) is 64.9 Å². The van der Waals surface area contributed by atoms with Crippen LogP contribution in [-0.2, 0) is 26.0 Å². The van der Waals surface area contributed by atoms with Crippen molar-refractivity contribution in [2.75, 3.05) is 30.2 Å². The van der Waals surface area contributed by atoms with E-state index in [0.29, 0.717) is 13.0 Å². The van der Waals surface area contributed by atoms with Gasteiger partial charge < -0.3 is 10.2 Å². The van der Waals surface area contributed by atoms with Crippen molar-refractivity contribution in [1.29, 1.82) is 0 Å². The lowest BCUT2D eigenvalue weighted by Crippen LogP contribution is -2.52. The number of anilines is 1. The van der Waals surface area contributed by atoms with E-state index in [1.54, 1.807) is 13.8 Å². The van der Waals surface area contributed by atoms with E-state index in [2.05, 4.69) is 5.32 Å². The molecular formula is C22H27ClFN3O4S. The molecule has 7 nitrogen and oxygen atoms in total. The molecule has 2 aromatic rings. The van der Waals surface area contributed by atoms with Crippen molar-refractivity contribution in [3.63, 3.8) is 0 Å². The van der Waals surface area contributed by atoms with Crippen molar-refractivity contribution in [2.45, 2.75) is 26.3 Å². The summed E-state index contributed by atoms with van der Waals surface area (Å²) in [5.41, 5.74) is 1.03. The Balaban J connectivity index is 2.31. The number of benzene rings is 2. The highest BCUT2D eigenvalue weighted by molar-refractivity contribution is 7.92. The molecule has 0 aromatic heterocycles. The molecule has 0 aliphatic rings. The minimum absolute atomic E-state index is 0.0564. The normalized spacial score (nSPS) is 12.2. The molecule has 174 valence electrons. The van der Waals surface area contributed by atoms with E-state index in [4.69, 9.17) is 11.6 Å². The smallest absolute Gasteiger partial charge is 0.244 e. The summed E-state index contributed by atoms with van der Waals surface area (Å²) in [4.78, 5) is 27.0. The van der Waals surface area contributed by atoms with Gasteiger partial charge in [-0.15, -0.1) is 0 Å². The van der Waals surface area contributed by atoms with E-state index >= 15 is 0 Å². The van der Waals surface area contributed by atoms with Crippen LogP contribution in [0.5, 0.6) is 0 Å². The molecule has 0 aliphatic heterocycles. The van der Waals surface area contributed by atoms with Crippen LogP contribution in [0.15, 0.2) is 48.5 Å². The summed E-state index contributed by atoms with van der Waals surface area (Å²) < 4.78 is 39.2. The van der Waals surface area contributed by atoms with Gasteiger partial charge in [-0.05, 0) is 44.0 Å². The lowest BCUT2D eigenvalue weighted by molar-refractivity contribution is -0.138. The minimum Gasteiger partial charge on any atom is -0.355 e. The van der Waals surface area contributed by atoms with E-state index in [9.17, 15) is 22.4 Å². The van der Waals surface area contributed by atoms with E-state index in [1.165, 1.54) is 11.0 Å². The zero-order chi connectivity index (χ0) is 23.9. The molecule has 0 unspecified atom stereocenters. The first kappa shape index (κ1) is 25.6. The van der Waals surface area contributed by atoms with Gasteiger partial charge in [-0.25, -0.2) is 12.8 Å². The fraction of sp³-hybridized carbons (Fsp3) is 0.364. The molecule has 0 fully saturated rings. The summed E-state index contributed by atoms with van der Waals surface area (Å²) >= 11 is 5.81. The summed E-state index contributed by atoms with van der Waals surface area (Å²) in [6.45, 7) is 3.41. The first-order chi connectivity index (χ1) is 15.0. The quantitative estimate of drug-likeness (QED) is 0.563. The van der Waals surface area contributed by atoms with Crippen LogP contribution in [0.3, 0.4) is 0 Å². The monoisotopic (exact) mass is 483 g/mol. The first-order valence-electron chi connectivity index (χ1n) is 10.1. The van der Waals surface area contributed by atoms with Gasteiger partial charge in [0.05, 0.1) is 17.0 Å². The Morgan fingerprint density at radius 2 is 1.81 bits per heavy atom. The molecule has 2 amide bonds. The average molecular weight is 484 g/mol. The molecule has 0 saturated carbocycles. The molecule has 0 spiro atoms. The summed E-state index contributed by atoms with van der Waals surface area (Å²) in [5, 5.41) is 2.42. The molecule has 2 rings (SSSR count). The number of sulfonamides is 1. The van der Waals surface area contributed by atoms with Crippen LogP contribution in [0.1, 0.15) is 19.4 Å². The number of carbonyl (C=O) groups excluding carboxylic acids is 2. The van der Waals surface area contributed by atoms with Gasteiger partial charge >= 0.3 is 0 Å². The van der Waals surface area contributed by atoms with Crippen LogP contribution in [0, 0.1) is 5.82 Å². The molecule has 2 aromatic carbocycles. The highest BCUT2D eigenvalue weighted by atomic mass is 35.5. The Labute approximate surface area is 193 Å². The molecule has 1 atom stereocenters. The van der Waals surface area contributed by atoms with Crippen LogP contribution in [-0.4, -0.2) is 57.1 Å². The molecular weight excluding hydrogens is 457 g/mol. The minimum atomic E-state index is -3.90. The second-order valence-corrected chi connectivity index (χ2v) is 9.58. The Morgan fingerprint density at radius 3 is 2.38 bits per heavy atom. The van der Waals surface area contributed by atoms with Gasteiger partial charge in [0.2, 0.25) is 21.8 Å². The predicted octanol–water partition coefficient (Wildman–Crippen LogP) is 2.84. The van der Waals surface area contributed by atoms with Crippen molar-refractivity contribution in [1.82, 2.24) is 10.2 Å². The number of likely N-dealkylation sites (N-methyl/N-ethyl adjacent to an activating group) is 1. The maximum Gasteiger partial charge on any atom is 0.244 e. The van der Waals surface area contributed by atoms with Crippen LogP contribution in [0.25, 0.3) is 0 Å². The molecule has 0 aliphatic carbocycles. The zero-order valence-electron chi connectivity index (χ0n) is 18.2. The molecule has 0 bridgehead atoms. The number of rotatable bonds is 10. The Hall–Kier alpha value is -2.65. The van der Waals surface area contributed by atoms with E-state index in [1.807, 2.05) is 30.3 Å². The Bertz CT molecular complexity index is 1050. The maximum atomic E-state index is 13.6. The van der Waals surface area contributed by atoms with Gasteiger partial charge in [0.1, 0.15) is 18.4 Å². The third kappa shape index (κ3) is 6.93. The van der Waals surface area contributed by atoms with Crippen LogP contribution in [0.4, 0.5) is 10.1 Å². The predicted molar refractivity (Wildman–Crippen MR) is 124 cm³/mol. The summed E-state index contributed by atoms with van der Waals surface area (Å²) in [6, 6.07) is 12.0. The number of hydrogen-bond donors (Lipinski definition) is 1. The molecule has 0 saturated heterocycles. The average Bonchev–Trinajstić information content (AvgIpc) is 2.74. The highest BCUT2D eigenvalue weighted by Crippen LogP contribution is 2.24. The molecule has 10 heteroatoms. The highest BCUT2D eigenvalue weighted by Gasteiger charge is 2.29. The molecule has 0 heterocycles. The fourth-order valence-corrected chi connectivity index (χ4v) is 4.16. The second-order valence-electron chi connectivity index (χ2n) is 7.26. The molecule has 0 radical (unpaired) electrons. The SMILES string of the molecule is CCNC(=O)[C@@H](C)N(CCc1ccccc1)C(=O)CN(c1ccc(F)c(Cl)c1)S(C)(=O)=O. The van der Waals surface area contributed by atoms with Gasteiger partial charge in [0.25, 0.3) is 0 Å². The number of nitrogens with zero attached hydrogens (tertiary/aromatic N) is 2. The molecule has 32 heavy (non-hydrogen) atoms. The van der Waals surface area contributed by atoms with Crippen LogP contribution in [0.2, 0.25) is 5.02 Å². The summed E-state index contributed by atoms with van der Waals surface area (Å²) in [6.07, 6.45) is 1.43. The third-order valence-corrected chi connectivity index (χ3v) is 6.30. The van der Waals surface area contributed by atoms with Crippen molar-refractivity contribution >= 4 is 39.1 Å². The number of amides is 2. The standard InChI is InChI=1S/C22H27ClFN3O4S/c1-4-25-22(29)16(2)26(13-12-17-8-6-5-7-9-17)21(28)15-27(32(3,30)31)18-10-11-20(24)19(23)14-18/h5-11,14,16H,4,12-13,15H2,1-3H3,(H,25,29)/t16-/m1/s1. The maximum absolute atomic E-state index is 13.6. The second kappa shape index (κ2) is 11.3. The van der Waals surface area contributed by atoms with Gasteiger partial charge in [-0.1, -0.05) is 41.9 Å².